The second-order valence-electron chi connectivity index (χ2n) is 35.4. The predicted molar refractivity (Wildman–Crippen MR) is 588 cm³/mol. The van der Waals surface area contributed by atoms with Crippen LogP contribution in [0.5, 0.6) is 0 Å². The summed E-state index contributed by atoms with van der Waals surface area (Å²) < 4.78 is 1.46. The van der Waals surface area contributed by atoms with Crippen LogP contribution < -0.4 is 24.5 Å². The molecule has 37 heteroatoms. The van der Waals surface area contributed by atoms with E-state index in [0.29, 0.717) is 88.0 Å². The number of likely N-dealkylation sites (N-methyl/N-ethyl adjacent to an activating group) is 2. The molecule has 5 amide bonds. The fourth-order valence-electron chi connectivity index (χ4n) is 20.8. The fourth-order valence-corrected chi connectivity index (χ4v) is 27.9. The minimum absolute atomic E-state index is 0.292. The van der Waals surface area contributed by atoms with Gasteiger partial charge in [0.25, 0.3) is 29.5 Å². The van der Waals surface area contributed by atoms with Gasteiger partial charge in [0.05, 0.1) is 24.5 Å². The molecule has 0 radical (unpaired) electrons. The third-order valence-electron chi connectivity index (χ3n) is 26.9. The van der Waals surface area contributed by atoms with Crippen molar-refractivity contribution in [3.8, 4) is 0 Å². The number of rotatable bonds is 22. The summed E-state index contributed by atoms with van der Waals surface area (Å²) in [6.45, 7) is 7.48. The molecule has 5 saturated heterocycles. The first-order chi connectivity index (χ1) is 67.8. The minimum atomic E-state index is -1.07. The normalized spacial score (nSPS) is 22.4. The molecule has 0 bridgehead atoms. The number of carbonyl (C=O) groups excluding carboxylic acids is 5. The summed E-state index contributed by atoms with van der Waals surface area (Å²) >= 11 is 35.1. The van der Waals surface area contributed by atoms with E-state index >= 15 is 0 Å². The van der Waals surface area contributed by atoms with Crippen molar-refractivity contribution in [3.05, 3.63) is 250 Å². The minimum Gasteiger partial charge on any atom is -0.480 e. The largest absolute Gasteiger partial charge is 0.480 e. The summed E-state index contributed by atoms with van der Waals surface area (Å²) in [7, 11) is 0. The van der Waals surface area contributed by atoms with E-state index in [1.807, 2.05) is 54.6 Å². The Kier molecular flexibility index (Phi) is 31.8. The highest BCUT2D eigenvalue weighted by atomic mass is 32.2. The first-order valence-electron chi connectivity index (χ1n) is 46.1. The number of nitrogens with zero attached hydrogens (tertiary/aromatic N) is 10. The van der Waals surface area contributed by atoms with Crippen LogP contribution in [0.2, 0.25) is 0 Å². The number of hydrogen-bond acceptors (Lipinski definition) is 27. The first kappa shape index (κ1) is 102. The molecule has 3 aliphatic carbocycles. The van der Waals surface area contributed by atoms with Gasteiger partial charge in [-0.3, -0.25) is 72.4 Å². The Morgan fingerprint density at radius 2 is 0.688 bits per heavy atom. The maximum Gasteiger partial charge on any atom is 0.323 e. The first-order valence-corrected chi connectivity index (χ1v) is 54.7. The molecule has 0 aromatic heterocycles. The number of thioether (sulfide) groups is 7. The lowest BCUT2D eigenvalue weighted by Crippen LogP contribution is -2.33. The summed E-state index contributed by atoms with van der Waals surface area (Å²) in [5.74, 6) is -5.57. The van der Waals surface area contributed by atoms with E-state index in [1.54, 1.807) is 35.7 Å². The van der Waals surface area contributed by atoms with E-state index in [9.17, 15) is 47.9 Å². The summed E-state index contributed by atoms with van der Waals surface area (Å²) in [5.41, 5.74) is 21.2. The zero-order valence-corrected chi connectivity index (χ0v) is 87.0. The van der Waals surface area contributed by atoms with Crippen molar-refractivity contribution < 1.29 is 73.5 Å². The molecule has 21 rings (SSSR count). The van der Waals surface area contributed by atoms with Gasteiger partial charge in [0.15, 0.2) is 0 Å². The zero-order chi connectivity index (χ0) is 99.6. The second-order valence-corrected chi connectivity index (χ2v) is 45.5. The van der Waals surface area contributed by atoms with Gasteiger partial charge < -0.3 is 50.0 Å². The lowest BCUT2D eigenvalue weighted by Gasteiger charge is -2.27. The van der Waals surface area contributed by atoms with Gasteiger partial charge in [-0.05, 0) is 286 Å². The number of anilines is 8. The smallest absolute Gasteiger partial charge is 0.323 e. The average molecular weight is 2110 g/mol. The van der Waals surface area contributed by atoms with Gasteiger partial charge in [-0.2, -0.15) is 0 Å². The number of thiocarbonyl (C=S) groups is 5. The Labute approximate surface area is 873 Å². The number of benzene rings is 8. The summed E-state index contributed by atoms with van der Waals surface area (Å²) in [6.07, 6.45) is 25.9. The van der Waals surface area contributed by atoms with Crippen LogP contribution in [-0.4, -0.2) is 220 Å². The molecule has 8 fully saturated rings. The topological polar surface area (TPSA) is 304 Å². The number of fused-ring (bicyclic) bond motifs is 11. The maximum atomic E-state index is 12.6. The molecular formula is C104H98N10O15S12. The third-order valence-corrected chi connectivity index (χ3v) is 35.2. The van der Waals surface area contributed by atoms with Crippen molar-refractivity contribution in [2.75, 3.05) is 89.4 Å². The molecule has 8 aromatic rings. The number of carboxylic acid groups (broad SMARTS) is 5. The van der Waals surface area contributed by atoms with Crippen LogP contribution in [0, 0.1) is 0 Å². The van der Waals surface area contributed by atoms with Crippen LogP contribution in [0.4, 0.5) is 45.5 Å². The molecule has 7 atom stereocenters. The van der Waals surface area contributed by atoms with Crippen molar-refractivity contribution >= 4 is 300 Å². The van der Waals surface area contributed by atoms with Crippen molar-refractivity contribution in [3.63, 3.8) is 0 Å². The van der Waals surface area contributed by atoms with Crippen LogP contribution >= 0.6 is 143 Å². The quantitative estimate of drug-likeness (QED) is 0.0239. The van der Waals surface area contributed by atoms with E-state index in [-0.39, 0.29) is 29.5 Å². The average Bonchev–Trinajstić information content (AvgIpc) is 1.60. The monoisotopic (exact) mass is 2110 g/mol. The summed E-state index contributed by atoms with van der Waals surface area (Å²) in [6, 6.07) is 61.3. The van der Waals surface area contributed by atoms with Gasteiger partial charge in [-0.1, -0.05) is 194 Å². The van der Waals surface area contributed by atoms with Crippen LogP contribution in [0.3, 0.4) is 0 Å². The van der Waals surface area contributed by atoms with Gasteiger partial charge in [0.2, 0.25) is 0 Å². The van der Waals surface area contributed by atoms with Crippen LogP contribution in [0.1, 0.15) is 152 Å². The fraction of sp³-hybridized carbons (Fsp3) is 0.298. The Hall–Kier alpha value is -10.9. The molecule has 13 aliphatic rings. The Bertz CT molecular complexity index is 6690. The Morgan fingerprint density at radius 1 is 0.362 bits per heavy atom. The highest BCUT2D eigenvalue weighted by Gasteiger charge is 2.47. The number of aliphatic carboxylic acids is 5. The molecule has 7 unspecified atom stereocenters. The molecule has 0 spiro atoms. The van der Waals surface area contributed by atoms with Crippen molar-refractivity contribution in [1.82, 2.24) is 24.5 Å². The number of carbonyl (C=O) groups is 10. The van der Waals surface area contributed by atoms with Crippen molar-refractivity contribution in [1.29, 1.82) is 0 Å². The SMILES string of the molecule is CCN1CCc2cc(/C=C3/SC(=S)N(CC(=O)O)C3=O)ccc21.CCN1c2ccc(/C=C3/SC(=S)N(CC(=O)O)C3=O)cc2CC1C.CSc1ccc(N2c3ccc(/C=C4/SC(=S)N(CC(=O)O)C4=O)cc3C3CCCC32)cc1.CSc1cccc(N2c3ccc(/C=C4/SC(=S)N(CC(=O)O)C4=O)cc3C3CCCC32)c1.O=C(O)CN1C(=O)/C(=C\c2ccc3c(c2)C2CCCC2N3c2ccccc2)SC1=S. The van der Waals surface area contributed by atoms with Crippen LogP contribution in [-0.2, 0) is 60.8 Å². The Morgan fingerprint density at radius 3 is 1.04 bits per heavy atom. The number of carboxylic acids is 5. The molecule has 25 nitrogen and oxygen atoms in total. The van der Waals surface area contributed by atoms with E-state index in [2.05, 4.69) is 191 Å². The van der Waals surface area contributed by atoms with Crippen LogP contribution in [0.25, 0.3) is 30.4 Å². The number of para-hydroxylation sites is 1. The highest BCUT2D eigenvalue weighted by Crippen LogP contribution is 2.57. The van der Waals surface area contributed by atoms with E-state index in [4.69, 9.17) is 86.6 Å². The summed E-state index contributed by atoms with van der Waals surface area (Å²) in [4.78, 5) is 140. The number of amides is 5. The zero-order valence-electron chi connectivity index (χ0n) is 77.2. The molecule has 726 valence electrons. The molecule has 10 aliphatic heterocycles. The highest BCUT2D eigenvalue weighted by molar-refractivity contribution is 8.28. The maximum absolute atomic E-state index is 12.6. The van der Waals surface area contributed by atoms with Gasteiger partial charge in [-0.15, -0.1) is 23.5 Å². The number of hydrogen-bond donors (Lipinski definition) is 5. The Balaban J connectivity index is 0.000000122. The van der Waals surface area contributed by atoms with Gasteiger partial charge in [0.1, 0.15) is 54.3 Å². The van der Waals surface area contributed by atoms with Gasteiger partial charge in [0, 0.05) is 117 Å². The van der Waals surface area contributed by atoms with Crippen molar-refractivity contribution in [2.45, 2.75) is 143 Å². The van der Waals surface area contributed by atoms with Gasteiger partial charge in [-0.25, -0.2) is 0 Å². The third kappa shape index (κ3) is 21.8. The standard InChI is InChI=1S/2C24H22N2O3S3.C23H20N2O3S2.C17H18N2O3S2.C16H16N2O3S2/c1-31-16-5-2-4-15(12-16)26-19-7-3-6-17(19)18-10-14(8-9-20(18)26)11-21-23(29)25(13-22(27)28)24(30)32-21;1-31-16-8-6-15(7-9-16)26-19-4-2-3-17(19)18-11-14(5-10-20(18)26)12-21-23(29)25(13-22(27)28)24(30)32-21;26-21(27)13-24-22(28)20(30-23(24)29)12-14-9-10-19-17(11-14)16-7-4-8-18(16)25(19)15-5-2-1-3-6-15;1-3-18-10(2)6-12-7-11(4-5-13(12)18)8-14-16(22)19(9-15(20)21)17(23)24-14;1-2-17-6-5-11-7-10(3-4-12(11)17)8-13-15(21)18(9-14(19)20)16(22)23-13/h2,4-5,8-12,17,19H,3,6-7,13H2,1H3,(H,27,28);5-12,17,19H,2-4,13H2,1H3,(H,27,28);1-3,5-6,9-12,16,18H,4,7-8,13H2,(H,26,27);4-5,7-8,10H,3,6,9H2,1-2H3,(H,20,21);3-4,7-8H,2,5-6,9H2,1H3,(H,19,20)/b21-11+;21-12+;20-12+;14-8+;13-8+. The molecule has 8 aromatic carbocycles. The lowest BCUT2D eigenvalue weighted by molar-refractivity contribution is -0.140. The molecule has 3 saturated carbocycles. The van der Waals surface area contributed by atoms with E-state index in [0.717, 1.165) is 120 Å². The van der Waals surface area contributed by atoms with E-state index < -0.39 is 62.6 Å². The summed E-state index contributed by atoms with van der Waals surface area (Å²) in [5, 5.41) is 44.8. The second kappa shape index (κ2) is 44.1. The molecule has 10 heterocycles. The van der Waals surface area contributed by atoms with E-state index in [1.165, 1.54) is 164 Å². The van der Waals surface area contributed by atoms with Gasteiger partial charge >= 0.3 is 29.8 Å². The predicted octanol–water partition coefficient (Wildman–Crippen LogP) is 20.8. The molecule has 141 heavy (non-hydrogen) atoms. The molecule has 5 N–H and O–H groups in total. The molecular weight excluding hydrogens is 2010 g/mol. The van der Waals surface area contributed by atoms with Crippen molar-refractivity contribution in [2.24, 2.45) is 0 Å². The lowest BCUT2D eigenvalue weighted by atomic mass is 9.96. The van der Waals surface area contributed by atoms with Crippen LogP contribution in [0.15, 0.2) is 204 Å².